The van der Waals surface area contributed by atoms with Crippen molar-refractivity contribution in [1.82, 2.24) is 5.32 Å². The van der Waals surface area contributed by atoms with E-state index in [1.54, 1.807) is 0 Å². The number of nitrogens with one attached hydrogen (secondary N) is 1. The van der Waals surface area contributed by atoms with Gasteiger partial charge in [-0.05, 0) is 36.4 Å². The molecule has 1 unspecified atom stereocenters. The zero-order valence-electron chi connectivity index (χ0n) is 11.6. The Labute approximate surface area is 119 Å². The van der Waals surface area contributed by atoms with E-state index in [4.69, 9.17) is 9.47 Å². The quantitative estimate of drug-likeness (QED) is 0.905. The molecule has 0 saturated heterocycles. The second-order valence-electron chi connectivity index (χ2n) is 4.93. The second kappa shape index (κ2) is 5.97. The lowest BCUT2D eigenvalue weighted by Crippen LogP contribution is -2.23. The fraction of sp³-hybridized carbons (Fsp3) is 0.294. The second-order valence-corrected chi connectivity index (χ2v) is 4.93. The summed E-state index contributed by atoms with van der Waals surface area (Å²) >= 11 is 0. The van der Waals surface area contributed by atoms with Crippen LogP contribution < -0.4 is 14.8 Å². The SMILES string of the molecule is CNC(COc1ccccc1)c1ccc2c(c1)CCO2. The first-order valence-electron chi connectivity index (χ1n) is 6.97. The Bertz CT molecular complexity index is 568. The molecule has 2 aromatic carbocycles. The van der Waals surface area contributed by atoms with Crippen molar-refractivity contribution in [1.29, 1.82) is 0 Å². The van der Waals surface area contributed by atoms with E-state index in [2.05, 4.69) is 23.5 Å². The highest BCUT2D eigenvalue weighted by molar-refractivity contribution is 5.40. The molecule has 1 aliphatic heterocycles. The van der Waals surface area contributed by atoms with E-state index in [1.165, 1.54) is 11.1 Å². The molecule has 3 nitrogen and oxygen atoms in total. The van der Waals surface area contributed by atoms with Crippen molar-refractivity contribution in [3.63, 3.8) is 0 Å². The number of fused-ring (bicyclic) bond motifs is 1. The molecule has 104 valence electrons. The molecule has 0 spiro atoms. The molecule has 1 heterocycles. The Kier molecular flexibility index (Phi) is 3.88. The van der Waals surface area contributed by atoms with Crippen LogP contribution in [0.1, 0.15) is 17.2 Å². The van der Waals surface area contributed by atoms with Crippen molar-refractivity contribution in [2.24, 2.45) is 0 Å². The maximum Gasteiger partial charge on any atom is 0.122 e. The number of hydrogen-bond donors (Lipinski definition) is 1. The molecular weight excluding hydrogens is 250 g/mol. The van der Waals surface area contributed by atoms with E-state index in [0.717, 1.165) is 24.5 Å². The molecule has 3 heteroatoms. The maximum atomic E-state index is 5.84. The molecule has 20 heavy (non-hydrogen) atoms. The van der Waals surface area contributed by atoms with Crippen LogP contribution in [0.2, 0.25) is 0 Å². The fourth-order valence-corrected chi connectivity index (χ4v) is 2.47. The summed E-state index contributed by atoms with van der Waals surface area (Å²) < 4.78 is 11.4. The van der Waals surface area contributed by atoms with E-state index in [9.17, 15) is 0 Å². The number of ether oxygens (including phenoxy) is 2. The number of hydrogen-bond acceptors (Lipinski definition) is 3. The summed E-state index contributed by atoms with van der Waals surface area (Å²) in [6.45, 7) is 1.41. The van der Waals surface area contributed by atoms with Gasteiger partial charge < -0.3 is 14.8 Å². The summed E-state index contributed by atoms with van der Waals surface area (Å²) in [6.07, 6.45) is 0.999. The van der Waals surface area contributed by atoms with Crippen LogP contribution in [-0.2, 0) is 6.42 Å². The normalized spacial score (nSPS) is 14.4. The van der Waals surface area contributed by atoms with Gasteiger partial charge in [-0.1, -0.05) is 30.3 Å². The van der Waals surface area contributed by atoms with Crippen molar-refractivity contribution in [3.05, 3.63) is 59.7 Å². The van der Waals surface area contributed by atoms with Crippen LogP contribution in [0.15, 0.2) is 48.5 Å². The number of likely N-dealkylation sites (N-methyl/N-ethyl adjacent to an activating group) is 1. The summed E-state index contributed by atoms with van der Waals surface area (Å²) in [5.41, 5.74) is 2.54. The third kappa shape index (κ3) is 2.78. The van der Waals surface area contributed by atoms with Crippen LogP contribution in [0, 0.1) is 0 Å². The zero-order chi connectivity index (χ0) is 13.8. The minimum atomic E-state index is 0.182. The monoisotopic (exact) mass is 269 g/mol. The largest absolute Gasteiger partial charge is 0.493 e. The molecule has 0 aliphatic carbocycles. The van der Waals surface area contributed by atoms with Crippen LogP contribution in [0.5, 0.6) is 11.5 Å². The number of para-hydroxylation sites is 1. The molecule has 0 radical (unpaired) electrons. The Balaban J connectivity index is 1.70. The summed E-state index contributed by atoms with van der Waals surface area (Å²) in [5, 5.41) is 3.31. The molecule has 0 saturated carbocycles. The van der Waals surface area contributed by atoms with Crippen LogP contribution in [0.25, 0.3) is 0 Å². The molecular formula is C17H19NO2. The van der Waals surface area contributed by atoms with Gasteiger partial charge in [-0.15, -0.1) is 0 Å². The molecule has 3 rings (SSSR count). The van der Waals surface area contributed by atoms with Gasteiger partial charge >= 0.3 is 0 Å². The number of benzene rings is 2. The van der Waals surface area contributed by atoms with Gasteiger partial charge in [-0.3, -0.25) is 0 Å². The van der Waals surface area contributed by atoms with E-state index in [1.807, 2.05) is 37.4 Å². The molecule has 0 amide bonds. The number of rotatable bonds is 5. The molecule has 1 atom stereocenters. The topological polar surface area (TPSA) is 30.5 Å². The van der Waals surface area contributed by atoms with Crippen LogP contribution in [0.4, 0.5) is 0 Å². The third-order valence-corrected chi connectivity index (χ3v) is 3.62. The lowest BCUT2D eigenvalue weighted by atomic mass is 10.0. The van der Waals surface area contributed by atoms with Gasteiger partial charge in [-0.2, -0.15) is 0 Å². The first-order valence-corrected chi connectivity index (χ1v) is 6.97. The van der Waals surface area contributed by atoms with Crippen LogP contribution >= 0.6 is 0 Å². The molecule has 1 aliphatic rings. The van der Waals surface area contributed by atoms with E-state index < -0.39 is 0 Å². The highest BCUT2D eigenvalue weighted by Crippen LogP contribution is 2.28. The Morgan fingerprint density at radius 1 is 1.20 bits per heavy atom. The molecule has 0 aromatic heterocycles. The van der Waals surface area contributed by atoms with Crippen molar-refractivity contribution in [2.75, 3.05) is 20.3 Å². The molecule has 1 N–H and O–H groups in total. The van der Waals surface area contributed by atoms with E-state index in [-0.39, 0.29) is 6.04 Å². The standard InChI is InChI=1S/C17H19NO2/c1-18-16(12-20-15-5-3-2-4-6-15)13-7-8-17-14(11-13)9-10-19-17/h2-8,11,16,18H,9-10,12H2,1H3. The van der Waals surface area contributed by atoms with Crippen molar-refractivity contribution < 1.29 is 9.47 Å². The Morgan fingerprint density at radius 3 is 2.85 bits per heavy atom. The fourth-order valence-electron chi connectivity index (χ4n) is 2.47. The van der Waals surface area contributed by atoms with Gasteiger partial charge in [0.25, 0.3) is 0 Å². The first-order chi connectivity index (χ1) is 9.86. The molecule has 2 aromatic rings. The third-order valence-electron chi connectivity index (χ3n) is 3.62. The Morgan fingerprint density at radius 2 is 2.05 bits per heavy atom. The lowest BCUT2D eigenvalue weighted by Gasteiger charge is -2.18. The highest BCUT2D eigenvalue weighted by atomic mass is 16.5. The summed E-state index contributed by atoms with van der Waals surface area (Å²) in [5.74, 6) is 1.92. The van der Waals surface area contributed by atoms with Crippen LogP contribution in [-0.4, -0.2) is 20.3 Å². The maximum absolute atomic E-state index is 5.84. The van der Waals surface area contributed by atoms with E-state index in [0.29, 0.717) is 6.61 Å². The molecule has 0 fully saturated rings. The van der Waals surface area contributed by atoms with Crippen molar-refractivity contribution >= 4 is 0 Å². The minimum Gasteiger partial charge on any atom is -0.493 e. The first kappa shape index (κ1) is 13.0. The predicted octanol–water partition coefficient (Wildman–Crippen LogP) is 2.96. The highest BCUT2D eigenvalue weighted by Gasteiger charge is 2.16. The summed E-state index contributed by atoms with van der Waals surface area (Å²) in [7, 11) is 1.96. The van der Waals surface area contributed by atoms with Crippen molar-refractivity contribution in [3.8, 4) is 11.5 Å². The zero-order valence-corrected chi connectivity index (χ0v) is 11.6. The van der Waals surface area contributed by atoms with Gasteiger partial charge in [0.2, 0.25) is 0 Å². The predicted molar refractivity (Wildman–Crippen MR) is 79.4 cm³/mol. The molecule has 0 bridgehead atoms. The van der Waals surface area contributed by atoms with Gasteiger partial charge in [0.1, 0.15) is 18.1 Å². The smallest absolute Gasteiger partial charge is 0.122 e. The lowest BCUT2D eigenvalue weighted by molar-refractivity contribution is 0.273. The van der Waals surface area contributed by atoms with Gasteiger partial charge in [-0.25, -0.2) is 0 Å². The van der Waals surface area contributed by atoms with Crippen LogP contribution in [0.3, 0.4) is 0 Å². The van der Waals surface area contributed by atoms with Crippen molar-refractivity contribution in [2.45, 2.75) is 12.5 Å². The summed E-state index contributed by atoms with van der Waals surface area (Å²) in [6, 6.07) is 16.5. The average Bonchev–Trinajstić information content (AvgIpc) is 2.96. The Hall–Kier alpha value is -2.00. The van der Waals surface area contributed by atoms with Gasteiger partial charge in [0.05, 0.1) is 12.6 Å². The summed E-state index contributed by atoms with van der Waals surface area (Å²) in [4.78, 5) is 0. The minimum absolute atomic E-state index is 0.182. The average molecular weight is 269 g/mol. The van der Waals surface area contributed by atoms with Gasteiger partial charge in [0.15, 0.2) is 0 Å². The van der Waals surface area contributed by atoms with Gasteiger partial charge in [0, 0.05) is 6.42 Å². The van der Waals surface area contributed by atoms with E-state index >= 15 is 0 Å².